The third-order valence-corrected chi connectivity index (χ3v) is 7.31. The van der Waals surface area contributed by atoms with Gasteiger partial charge >= 0.3 is 0 Å². The fourth-order valence-electron chi connectivity index (χ4n) is 4.21. The van der Waals surface area contributed by atoms with Crippen molar-refractivity contribution < 1.29 is 4.42 Å². The van der Waals surface area contributed by atoms with Crippen LogP contribution < -0.4 is 10.2 Å². The van der Waals surface area contributed by atoms with Crippen molar-refractivity contribution in [1.82, 2.24) is 10.3 Å². The van der Waals surface area contributed by atoms with Crippen molar-refractivity contribution in [2.45, 2.75) is 48.8 Å². The van der Waals surface area contributed by atoms with Gasteiger partial charge < -0.3 is 14.6 Å². The molecular weight excluding hydrogens is 458 g/mol. The first-order chi connectivity index (χ1) is 16.5. The van der Waals surface area contributed by atoms with Gasteiger partial charge in [-0.15, -0.1) is 0 Å². The Labute approximate surface area is 210 Å². The van der Waals surface area contributed by atoms with E-state index in [0.717, 1.165) is 27.1 Å². The highest BCUT2D eigenvalue weighted by molar-refractivity contribution is 7.99. The summed E-state index contributed by atoms with van der Waals surface area (Å²) < 4.78 is 6.41. The summed E-state index contributed by atoms with van der Waals surface area (Å²) in [6, 6.07) is 26.9. The number of benzene rings is 2. The Hall–Kier alpha value is -3.09. The minimum atomic E-state index is -0.153. The molecule has 0 radical (unpaired) electrons. The summed E-state index contributed by atoms with van der Waals surface area (Å²) in [6.07, 6.45) is 1.82. The molecule has 1 aliphatic rings. The van der Waals surface area contributed by atoms with E-state index in [1.165, 1.54) is 11.1 Å². The second-order valence-corrected chi connectivity index (χ2v) is 10.3. The van der Waals surface area contributed by atoms with E-state index in [4.69, 9.17) is 16.6 Å². The lowest BCUT2D eigenvalue weighted by Crippen LogP contribution is -2.29. The summed E-state index contributed by atoms with van der Waals surface area (Å²) in [7, 11) is 0. The van der Waals surface area contributed by atoms with E-state index in [1.807, 2.05) is 30.5 Å². The molecule has 1 N–H and O–H groups in total. The summed E-state index contributed by atoms with van der Waals surface area (Å²) in [4.78, 5) is 7.92. The van der Waals surface area contributed by atoms with Crippen LogP contribution in [0.4, 0.5) is 5.69 Å². The molecule has 3 heterocycles. The molecule has 0 unspecified atom stereocenters. The minimum absolute atomic E-state index is 0.123. The monoisotopic (exact) mass is 485 g/mol. The molecule has 5 rings (SSSR count). The van der Waals surface area contributed by atoms with Gasteiger partial charge in [0, 0.05) is 16.8 Å². The Morgan fingerprint density at radius 1 is 0.971 bits per heavy atom. The smallest absolute Gasteiger partial charge is 0.174 e. The highest BCUT2D eigenvalue weighted by Gasteiger charge is 2.42. The van der Waals surface area contributed by atoms with Crippen LogP contribution in [0.15, 0.2) is 99.5 Å². The minimum Gasteiger partial charge on any atom is -0.452 e. The Kier molecular flexibility index (Phi) is 6.44. The number of pyridine rings is 1. The molecule has 0 spiro atoms. The molecule has 0 aliphatic carbocycles. The third kappa shape index (κ3) is 4.61. The van der Waals surface area contributed by atoms with E-state index >= 15 is 0 Å². The van der Waals surface area contributed by atoms with Gasteiger partial charge in [-0.05, 0) is 79.2 Å². The lowest BCUT2D eigenvalue weighted by atomic mass is 10.0. The van der Waals surface area contributed by atoms with E-state index in [-0.39, 0.29) is 12.1 Å². The van der Waals surface area contributed by atoms with Crippen LogP contribution in [0.3, 0.4) is 0 Å². The highest BCUT2D eigenvalue weighted by atomic mass is 32.2. The molecule has 0 bridgehead atoms. The predicted octanol–water partition coefficient (Wildman–Crippen LogP) is 7.43. The molecule has 172 valence electrons. The number of thiocarbonyl (C=S) groups is 1. The van der Waals surface area contributed by atoms with Crippen molar-refractivity contribution in [1.29, 1.82) is 0 Å². The molecule has 1 saturated heterocycles. The van der Waals surface area contributed by atoms with Crippen LogP contribution in [-0.4, -0.2) is 10.1 Å². The molecule has 4 aromatic rings. The Bertz CT molecular complexity index is 1270. The number of anilines is 1. The molecule has 2 aromatic carbocycles. The van der Waals surface area contributed by atoms with Crippen molar-refractivity contribution in [3.8, 4) is 0 Å². The largest absolute Gasteiger partial charge is 0.452 e. The summed E-state index contributed by atoms with van der Waals surface area (Å²) in [5.41, 5.74) is 4.51. The van der Waals surface area contributed by atoms with Gasteiger partial charge in [0.25, 0.3) is 0 Å². The number of hydrogen-bond donors (Lipinski definition) is 1. The average molecular weight is 486 g/mol. The van der Waals surface area contributed by atoms with E-state index in [1.54, 1.807) is 11.8 Å². The fourth-order valence-corrected chi connectivity index (χ4v) is 5.34. The van der Waals surface area contributed by atoms with Gasteiger partial charge in [-0.1, -0.05) is 61.5 Å². The molecule has 2 atom stereocenters. The van der Waals surface area contributed by atoms with E-state index in [0.29, 0.717) is 11.0 Å². The summed E-state index contributed by atoms with van der Waals surface area (Å²) in [5.74, 6) is 1.33. The molecule has 0 amide bonds. The van der Waals surface area contributed by atoms with Crippen LogP contribution in [0.2, 0.25) is 0 Å². The van der Waals surface area contributed by atoms with Gasteiger partial charge in [0.15, 0.2) is 10.2 Å². The van der Waals surface area contributed by atoms with Crippen LogP contribution in [0, 0.1) is 6.92 Å². The second kappa shape index (κ2) is 9.65. The van der Waals surface area contributed by atoms with Crippen LogP contribution in [-0.2, 0) is 0 Å². The topological polar surface area (TPSA) is 41.3 Å². The van der Waals surface area contributed by atoms with E-state index < -0.39 is 0 Å². The van der Waals surface area contributed by atoms with Gasteiger partial charge in [-0.2, -0.15) is 0 Å². The molecule has 34 heavy (non-hydrogen) atoms. The first-order valence-corrected chi connectivity index (χ1v) is 12.7. The van der Waals surface area contributed by atoms with Gasteiger partial charge in [0.05, 0.1) is 11.7 Å². The van der Waals surface area contributed by atoms with Crippen LogP contribution in [0.1, 0.15) is 54.4 Å². The first kappa shape index (κ1) is 22.7. The molecule has 4 nitrogen and oxygen atoms in total. The van der Waals surface area contributed by atoms with Crippen molar-refractivity contribution in [3.05, 3.63) is 108 Å². The number of aryl methyl sites for hydroxylation is 1. The average Bonchev–Trinajstić information content (AvgIpc) is 3.45. The van der Waals surface area contributed by atoms with E-state index in [2.05, 4.69) is 90.6 Å². The summed E-state index contributed by atoms with van der Waals surface area (Å²) in [5, 5.41) is 5.02. The van der Waals surface area contributed by atoms with Crippen LogP contribution in [0.25, 0.3) is 0 Å². The molecule has 1 fully saturated rings. The van der Waals surface area contributed by atoms with Gasteiger partial charge in [0.2, 0.25) is 0 Å². The van der Waals surface area contributed by atoms with Gasteiger partial charge in [-0.3, -0.25) is 4.98 Å². The van der Waals surface area contributed by atoms with E-state index in [9.17, 15) is 0 Å². The number of hydrogen-bond acceptors (Lipinski definition) is 4. The fraction of sp³-hybridized carbons (Fsp3) is 0.214. The van der Waals surface area contributed by atoms with Crippen molar-refractivity contribution in [2.75, 3.05) is 4.90 Å². The highest BCUT2D eigenvalue weighted by Crippen LogP contribution is 2.43. The number of nitrogens with one attached hydrogen (secondary N) is 1. The quantitative estimate of drug-likeness (QED) is 0.286. The standard InChI is InChI=1S/C28H27N3OS2/c1-18(2)20-9-11-21(12-10-20)31-27(26(30-28(31)33)23-6-4-5-17-29-23)24-15-16-25(32-24)34-22-13-7-19(3)8-14-22/h4-18,26-27H,1-3H3,(H,30,33)/t26-,27-/m1/s1. The molecule has 0 saturated carbocycles. The summed E-state index contributed by atoms with van der Waals surface area (Å²) in [6.45, 7) is 6.50. The van der Waals surface area contributed by atoms with Crippen LogP contribution >= 0.6 is 24.0 Å². The zero-order valence-electron chi connectivity index (χ0n) is 19.4. The maximum absolute atomic E-state index is 6.41. The Morgan fingerprint density at radius 2 is 1.74 bits per heavy atom. The Morgan fingerprint density at radius 3 is 2.41 bits per heavy atom. The lowest BCUT2D eigenvalue weighted by molar-refractivity contribution is 0.383. The number of rotatable bonds is 6. The van der Waals surface area contributed by atoms with Crippen molar-refractivity contribution in [3.63, 3.8) is 0 Å². The normalized spacial score (nSPS) is 17.9. The van der Waals surface area contributed by atoms with Gasteiger partial charge in [0.1, 0.15) is 11.8 Å². The molecular formula is C28H27N3OS2. The maximum atomic E-state index is 6.41. The number of aromatic nitrogens is 1. The molecule has 2 aromatic heterocycles. The maximum Gasteiger partial charge on any atom is 0.174 e. The Balaban J connectivity index is 1.51. The summed E-state index contributed by atoms with van der Waals surface area (Å²) >= 11 is 7.45. The zero-order chi connectivity index (χ0) is 23.7. The number of nitrogens with zero attached hydrogens (tertiary/aromatic N) is 2. The zero-order valence-corrected chi connectivity index (χ0v) is 21.1. The lowest BCUT2D eigenvalue weighted by Gasteiger charge is -2.26. The predicted molar refractivity (Wildman–Crippen MR) is 142 cm³/mol. The molecule has 1 aliphatic heterocycles. The van der Waals surface area contributed by atoms with Crippen molar-refractivity contribution >= 4 is 34.8 Å². The molecule has 6 heteroatoms. The third-order valence-electron chi connectivity index (χ3n) is 6.07. The SMILES string of the molecule is Cc1ccc(Sc2ccc([C@@H]3[C@@H](c4ccccn4)NC(=S)N3c3ccc(C(C)C)cc3)o2)cc1. The first-order valence-electron chi connectivity index (χ1n) is 11.4. The van der Waals surface area contributed by atoms with Gasteiger partial charge in [-0.25, -0.2) is 0 Å². The number of furan rings is 1. The van der Waals surface area contributed by atoms with Crippen molar-refractivity contribution in [2.24, 2.45) is 0 Å². The van der Waals surface area contributed by atoms with Crippen LogP contribution in [0.5, 0.6) is 0 Å². The second-order valence-electron chi connectivity index (χ2n) is 8.81.